The van der Waals surface area contributed by atoms with Crippen LogP contribution in [0.25, 0.3) is 0 Å². The van der Waals surface area contributed by atoms with Crippen molar-refractivity contribution in [1.82, 2.24) is 20.0 Å². The third-order valence-corrected chi connectivity index (χ3v) is 5.95. The third-order valence-electron chi connectivity index (χ3n) is 5.95. The van der Waals surface area contributed by atoms with Crippen molar-refractivity contribution in [3.05, 3.63) is 39.9 Å². The van der Waals surface area contributed by atoms with Gasteiger partial charge >= 0.3 is 23.9 Å². The second-order valence-corrected chi connectivity index (χ2v) is 9.42. The smallest absolute Gasteiger partial charge is 0.317 e. The number of nitro benzene ring substituents is 1. The summed E-state index contributed by atoms with van der Waals surface area (Å²) in [5.74, 6) is -4.19. The monoisotopic (exact) mass is 569 g/mol. The Morgan fingerprint density at radius 3 is 1.77 bits per heavy atom. The lowest BCUT2D eigenvalue weighted by Gasteiger charge is -2.29. The van der Waals surface area contributed by atoms with Crippen LogP contribution >= 0.6 is 0 Å². The molecule has 0 bridgehead atoms. The van der Waals surface area contributed by atoms with Gasteiger partial charge in [0.25, 0.3) is 5.69 Å². The van der Waals surface area contributed by atoms with E-state index in [9.17, 15) is 39.5 Å². The Morgan fingerprint density at radius 1 is 0.800 bits per heavy atom. The van der Waals surface area contributed by atoms with E-state index in [0.717, 1.165) is 6.42 Å². The molecule has 1 rings (SSSR count). The molecular weight excluding hydrogens is 530 g/mol. The number of hydrogen-bond donors (Lipinski definition) is 5. The van der Waals surface area contributed by atoms with E-state index in [1.807, 2.05) is 6.92 Å². The number of nitrogens with one attached hydrogen (secondary N) is 1. The van der Waals surface area contributed by atoms with E-state index in [1.165, 1.54) is 12.1 Å². The average Bonchev–Trinajstić information content (AvgIpc) is 2.85. The van der Waals surface area contributed by atoms with E-state index in [0.29, 0.717) is 44.6 Å². The molecular formula is C25H39N5O10. The van der Waals surface area contributed by atoms with E-state index in [4.69, 9.17) is 10.2 Å². The molecule has 1 atom stereocenters. The van der Waals surface area contributed by atoms with Gasteiger partial charge in [0.05, 0.1) is 31.1 Å². The maximum absolute atomic E-state index is 11.5. The van der Waals surface area contributed by atoms with Crippen LogP contribution in [0.4, 0.5) is 5.69 Å². The molecule has 1 aromatic carbocycles. The Bertz CT molecular complexity index is 975. The molecule has 0 saturated heterocycles. The van der Waals surface area contributed by atoms with Crippen LogP contribution in [0.2, 0.25) is 0 Å². The highest BCUT2D eigenvalue weighted by molar-refractivity contribution is 5.70. The summed E-state index contributed by atoms with van der Waals surface area (Å²) in [6.07, 6.45) is 1.45. The van der Waals surface area contributed by atoms with Crippen molar-refractivity contribution in [2.75, 3.05) is 65.4 Å². The van der Waals surface area contributed by atoms with Crippen LogP contribution in [0.5, 0.6) is 0 Å². The predicted octanol–water partition coefficient (Wildman–Crippen LogP) is 0.140. The minimum atomic E-state index is -1.09. The van der Waals surface area contributed by atoms with Gasteiger partial charge in [-0.2, -0.15) is 0 Å². The van der Waals surface area contributed by atoms with E-state index in [-0.39, 0.29) is 45.0 Å². The Hall–Kier alpha value is -3.66. The first kappa shape index (κ1) is 34.4. The minimum Gasteiger partial charge on any atom is -0.480 e. The van der Waals surface area contributed by atoms with Gasteiger partial charge in [0.15, 0.2) is 0 Å². The Kier molecular flexibility index (Phi) is 16.0. The van der Waals surface area contributed by atoms with Crippen molar-refractivity contribution in [1.29, 1.82) is 0 Å². The minimum absolute atomic E-state index is 0.0852. The van der Waals surface area contributed by atoms with Gasteiger partial charge in [-0.05, 0) is 31.4 Å². The highest BCUT2D eigenvalue weighted by atomic mass is 16.6. The van der Waals surface area contributed by atoms with Gasteiger partial charge in [-0.15, -0.1) is 0 Å². The maximum Gasteiger partial charge on any atom is 0.317 e. The van der Waals surface area contributed by atoms with Gasteiger partial charge in [0, 0.05) is 50.9 Å². The van der Waals surface area contributed by atoms with Crippen LogP contribution in [0.15, 0.2) is 24.3 Å². The fourth-order valence-electron chi connectivity index (χ4n) is 4.25. The summed E-state index contributed by atoms with van der Waals surface area (Å²) >= 11 is 0. The second-order valence-electron chi connectivity index (χ2n) is 9.42. The van der Waals surface area contributed by atoms with Crippen LogP contribution in [0, 0.1) is 10.1 Å². The average molecular weight is 570 g/mol. The first-order valence-corrected chi connectivity index (χ1v) is 12.9. The molecule has 0 aliphatic heterocycles. The van der Waals surface area contributed by atoms with Gasteiger partial charge in [-0.3, -0.25) is 44.0 Å². The van der Waals surface area contributed by atoms with Crippen LogP contribution in [0.3, 0.4) is 0 Å². The van der Waals surface area contributed by atoms with Gasteiger partial charge in [-0.1, -0.05) is 19.1 Å². The zero-order valence-corrected chi connectivity index (χ0v) is 22.6. The van der Waals surface area contributed by atoms with Gasteiger partial charge in [0.2, 0.25) is 0 Å². The zero-order valence-electron chi connectivity index (χ0n) is 22.6. The first-order valence-electron chi connectivity index (χ1n) is 12.9. The first-order chi connectivity index (χ1) is 18.9. The predicted molar refractivity (Wildman–Crippen MR) is 143 cm³/mol. The van der Waals surface area contributed by atoms with Crippen LogP contribution in [0.1, 0.15) is 25.3 Å². The molecule has 0 spiro atoms. The number of carboxylic acids is 4. The maximum atomic E-state index is 11.5. The molecule has 40 heavy (non-hydrogen) atoms. The largest absolute Gasteiger partial charge is 0.480 e. The number of nitro groups is 1. The van der Waals surface area contributed by atoms with Crippen molar-refractivity contribution in [3.8, 4) is 0 Å². The van der Waals surface area contributed by atoms with Gasteiger partial charge in [0.1, 0.15) is 0 Å². The molecule has 0 saturated carbocycles. The number of benzene rings is 1. The second kappa shape index (κ2) is 18.6. The molecule has 0 aromatic heterocycles. The van der Waals surface area contributed by atoms with E-state index >= 15 is 0 Å². The summed E-state index contributed by atoms with van der Waals surface area (Å²) in [7, 11) is 0. The van der Waals surface area contributed by atoms with Crippen molar-refractivity contribution in [3.63, 3.8) is 0 Å². The molecule has 0 radical (unpaired) electrons. The molecule has 15 heteroatoms. The number of non-ortho nitro benzene ring substituents is 1. The van der Waals surface area contributed by atoms with Gasteiger partial charge in [-0.25, -0.2) is 0 Å². The zero-order chi connectivity index (χ0) is 30.1. The molecule has 0 heterocycles. The molecule has 1 unspecified atom stereocenters. The highest BCUT2D eigenvalue weighted by Crippen LogP contribution is 2.14. The van der Waals surface area contributed by atoms with E-state index in [2.05, 4.69) is 5.32 Å². The fraction of sp³-hybridized carbons (Fsp3) is 0.600. The molecule has 0 aliphatic carbocycles. The summed E-state index contributed by atoms with van der Waals surface area (Å²) in [6.45, 7) is 2.83. The Morgan fingerprint density at radius 2 is 1.30 bits per heavy atom. The van der Waals surface area contributed by atoms with Crippen LogP contribution in [-0.4, -0.2) is 135 Å². The Labute approximate surface area is 232 Å². The number of nitrogens with zero attached hydrogens (tertiary/aromatic N) is 4. The summed E-state index contributed by atoms with van der Waals surface area (Å²) in [6, 6.07) is 5.32. The van der Waals surface area contributed by atoms with Crippen molar-refractivity contribution >= 4 is 29.6 Å². The van der Waals surface area contributed by atoms with Crippen LogP contribution in [-0.2, 0) is 25.6 Å². The molecule has 0 aliphatic rings. The Balaban J connectivity index is 2.86. The summed E-state index contributed by atoms with van der Waals surface area (Å²) < 4.78 is 0. The van der Waals surface area contributed by atoms with Gasteiger partial charge < -0.3 is 25.7 Å². The van der Waals surface area contributed by atoms with E-state index < -0.39 is 34.8 Å². The lowest BCUT2D eigenvalue weighted by atomic mass is 10.0. The van der Waals surface area contributed by atoms with Crippen molar-refractivity contribution in [2.45, 2.75) is 32.2 Å². The molecule has 0 amide bonds. The number of hydrogen-bond acceptors (Lipinski definition) is 10. The van der Waals surface area contributed by atoms with E-state index in [1.54, 1.807) is 26.8 Å². The topological polar surface area (TPSA) is 214 Å². The number of carboxylic acid groups (broad SMARTS) is 4. The fourth-order valence-corrected chi connectivity index (χ4v) is 4.25. The van der Waals surface area contributed by atoms with Crippen molar-refractivity contribution < 1.29 is 44.5 Å². The number of rotatable bonds is 23. The third kappa shape index (κ3) is 15.7. The van der Waals surface area contributed by atoms with Crippen LogP contribution < -0.4 is 5.32 Å². The molecule has 15 nitrogen and oxygen atoms in total. The molecule has 1 aromatic rings. The number of aliphatic carboxylic acids is 4. The summed E-state index contributed by atoms with van der Waals surface area (Å²) in [5.41, 5.74) is 0.618. The lowest BCUT2D eigenvalue weighted by molar-refractivity contribution is -0.384. The molecule has 5 N–H and O–H groups in total. The SMILES string of the molecule is CCCN(CCN(CCCN(CC(=O)O)CC(Cc1ccc([N+](=O)[O-])cc1)NCC(=O)O)CC(=O)O)CC(=O)O. The standard InChI is InChI=1S/C25H39N5O10/c1-2-8-27(16-23(33)34)11-12-28(17-24(35)36)9-3-10-29(18-25(37)38)15-20(26-14-22(31)32)13-19-4-6-21(7-5-19)30(39)40/h4-7,20,26H,2-3,8-18H2,1H3,(H,31,32)(H,33,34)(H,35,36)(H,37,38). The highest BCUT2D eigenvalue weighted by Gasteiger charge is 2.20. The number of carbonyl (C=O) groups is 4. The quantitative estimate of drug-likeness (QED) is 0.0876. The normalized spacial score (nSPS) is 12.1. The summed E-state index contributed by atoms with van der Waals surface area (Å²) in [5, 5.41) is 50.7. The molecule has 0 fully saturated rings. The lowest BCUT2D eigenvalue weighted by Crippen LogP contribution is -2.46. The molecule has 224 valence electrons. The summed E-state index contributed by atoms with van der Waals surface area (Å²) in [4.78, 5) is 60.6. The van der Waals surface area contributed by atoms with Crippen molar-refractivity contribution in [2.24, 2.45) is 0 Å².